The maximum atomic E-state index is 12.0. The zero-order valence-electron chi connectivity index (χ0n) is 18.5. The maximum Gasteiger partial charge on any atom is 0.407 e. The normalized spacial score (nSPS) is 19.5. The highest BCUT2D eigenvalue weighted by Gasteiger charge is 2.29. The van der Waals surface area contributed by atoms with Gasteiger partial charge in [-0.15, -0.1) is 0 Å². The third-order valence-electron chi connectivity index (χ3n) is 5.39. The molecule has 0 radical (unpaired) electrons. The second-order valence-corrected chi connectivity index (χ2v) is 8.80. The van der Waals surface area contributed by atoms with Crippen LogP contribution in [0.25, 0.3) is 0 Å². The zero-order chi connectivity index (χ0) is 21.6. The second-order valence-electron chi connectivity index (χ2n) is 8.80. The van der Waals surface area contributed by atoms with E-state index in [1.165, 1.54) is 0 Å². The van der Waals surface area contributed by atoms with E-state index in [1.54, 1.807) is 6.07 Å². The van der Waals surface area contributed by atoms with Crippen molar-refractivity contribution in [1.29, 1.82) is 0 Å². The fourth-order valence-electron chi connectivity index (χ4n) is 4.19. The van der Waals surface area contributed by atoms with Crippen molar-refractivity contribution >= 4 is 17.7 Å². The number of aromatic carboxylic acids is 1. The average molecular weight is 405 g/mol. The number of alkyl carbamates (subject to hydrolysis) is 1. The smallest absolute Gasteiger partial charge is 0.407 e. The Morgan fingerprint density at radius 2 is 1.83 bits per heavy atom. The van der Waals surface area contributed by atoms with E-state index >= 15 is 0 Å². The molecule has 2 N–H and O–H groups in total. The Balaban J connectivity index is 2.08. The summed E-state index contributed by atoms with van der Waals surface area (Å²) in [4.78, 5) is 26.1. The predicted octanol–water partition coefficient (Wildman–Crippen LogP) is 5.00. The van der Waals surface area contributed by atoms with Crippen molar-refractivity contribution in [3.63, 3.8) is 0 Å². The molecule has 0 aromatic heterocycles. The molecule has 0 spiro atoms. The van der Waals surface area contributed by atoms with Crippen LogP contribution in [0.5, 0.6) is 0 Å². The van der Waals surface area contributed by atoms with E-state index in [0.29, 0.717) is 11.6 Å². The number of hydrogen-bond donors (Lipinski definition) is 2. The van der Waals surface area contributed by atoms with E-state index in [-0.39, 0.29) is 12.1 Å². The molecular formula is C23H36N2O4. The number of benzene rings is 1. The van der Waals surface area contributed by atoms with Gasteiger partial charge in [-0.1, -0.05) is 19.4 Å². The molecule has 6 nitrogen and oxygen atoms in total. The van der Waals surface area contributed by atoms with Gasteiger partial charge in [-0.25, -0.2) is 9.59 Å². The first-order valence-electron chi connectivity index (χ1n) is 10.8. The Morgan fingerprint density at radius 1 is 1.17 bits per heavy atom. The van der Waals surface area contributed by atoms with Gasteiger partial charge in [0.25, 0.3) is 0 Å². The molecule has 1 fully saturated rings. The van der Waals surface area contributed by atoms with E-state index in [4.69, 9.17) is 4.74 Å². The van der Waals surface area contributed by atoms with Crippen LogP contribution in [-0.2, 0) is 11.2 Å². The molecule has 162 valence electrons. The lowest BCUT2D eigenvalue weighted by atomic mass is 9.89. The van der Waals surface area contributed by atoms with Gasteiger partial charge in [0.2, 0.25) is 0 Å². The van der Waals surface area contributed by atoms with E-state index in [1.807, 2.05) is 32.9 Å². The van der Waals surface area contributed by atoms with Gasteiger partial charge in [0, 0.05) is 24.3 Å². The number of amides is 1. The summed E-state index contributed by atoms with van der Waals surface area (Å²) in [5.41, 5.74) is 1.88. The van der Waals surface area contributed by atoms with E-state index in [9.17, 15) is 14.7 Å². The molecule has 0 unspecified atom stereocenters. The van der Waals surface area contributed by atoms with E-state index in [2.05, 4.69) is 24.1 Å². The predicted molar refractivity (Wildman–Crippen MR) is 116 cm³/mol. The molecule has 0 heterocycles. The first-order valence-corrected chi connectivity index (χ1v) is 10.8. The van der Waals surface area contributed by atoms with Crippen molar-refractivity contribution in [2.24, 2.45) is 0 Å². The maximum absolute atomic E-state index is 12.0. The molecule has 2 rings (SSSR count). The first kappa shape index (κ1) is 23.0. The molecule has 6 heteroatoms. The molecule has 1 aromatic rings. The molecule has 0 aliphatic heterocycles. The number of carboxylic acids is 1. The Morgan fingerprint density at radius 3 is 2.34 bits per heavy atom. The number of nitrogens with zero attached hydrogens (tertiary/aromatic N) is 1. The summed E-state index contributed by atoms with van der Waals surface area (Å²) in [6.45, 7) is 10.6. The molecule has 1 saturated carbocycles. The van der Waals surface area contributed by atoms with Gasteiger partial charge in [0.05, 0.1) is 5.56 Å². The Kier molecular flexibility index (Phi) is 7.94. The molecule has 0 bridgehead atoms. The minimum atomic E-state index is -0.864. The van der Waals surface area contributed by atoms with Gasteiger partial charge in [-0.2, -0.15) is 0 Å². The van der Waals surface area contributed by atoms with E-state index in [0.717, 1.165) is 56.3 Å². The lowest BCUT2D eigenvalue weighted by Gasteiger charge is -2.39. The molecular weight excluding hydrogens is 368 g/mol. The second kappa shape index (κ2) is 9.99. The van der Waals surface area contributed by atoms with Crippen LogP contribution < -0.4 is 10.2 Å². The topological polar surface area (TPSA) is 78.9 Å². The van der Waals surface area contributed by atoms with Crippen molar-refractivity contribution in [2.45, 2.75) is 90.8 Å². The molecule has 0 saturated heterocycles. The number of rotatable bonds is 7. The molecule has 1 aliphatic rings. The number of ether oxygens (including phenoxy) is 1. The summed E-state index contributed by atoms with van der Waals surface area (Å²) < 4.78 is 5.37. The van der Waals surface area contributed by atoms with Gasteiger partial charge in [0.1, 0.15) is 5.60 Å². The molecule has 0 atom stereocenters. The number of carbonyl (C=O) groups is 2. The zero-order valence-corrected chi connectivity index (χ0v) is 18.5. The first-order chi connectivity index (χ1) is 13.7. The standard InChI is InChI=1S/C23H36N2O4/c1-6-9-18-19(21(26)27)10-8-11-20(18)25(7-2)17-14-12-16(13-15-17)24-22(28)29-23(3,4)5/h8,10-11,16-17H,6-7,9,12-15H2,1-5H3,(H,24,28)(H,26,27). The van der Waals surface area contributed by atoms with E-state index < -0.39 is 11.6 Å². The quantitative estimate of drug-likeness (QED) is 0.669. The fourth-order valence-corrected chi connectivity index (χ4v) is 4.19. The number of nitrogens with one attached hydrogen (secondary N) is 1. The van der Waals surface area contributed by atoms with Crippen molar-refractivity contribution in [2.75, 3.05) is 11.4 Å². The summed E-state index contributed by atoms with van der Waals surface area (Å²) >= 11 is 0. The van der Waals surface area contributed by atoms with Gasteiger partial charge < -0.3 is 20.1 Å². The summed E-state index contributed by atoms with van der Waals surface area (Å²) in [6.07, 6.45) is 5.00. The largest absolute Gasteiger partial charge is 0.478 e. The number of hydrogen-bond acceptors (Lipinski definition) is 4. The van der Waals surface area contributed by atoms with Crippen LogP contribution in [0.4, 0.5) is 10.5 Å². The number of carbonyl (C=O) groups excluding carboxylic acids is 1. The Bertz CT molecular complexity index is 703. The minimum absolute atomic E-state index is 0.125. The highest BCUT2D eigenvalue weighted by molar-refractivity contribution is 5.91. The molecule has 1 aromatic carbocycles. The van der Waals surface area contributed by atoms with Crippen LogP contribution in [-0.4, -0.2) is 41.4 Å². The van der Waals surface area contributed by atoms with Crippen LogP contribution in [0.3, 0.4) is 0 Å². The summed E-state index contributed by atoms with van der Waals surface area (Å²) in [6, 6.07) is 6.06. The lowest BCUT2D eigenvalue weighted by Crippen LogP contribution is -2.45. The molecule has 29 heavy (non-hydrogen) atoms. The van der Waals surface area contributed by atoms with Crippen LogP contribution in [0.1, 0.15) is 82.6 Å². The number of anilines is 1. The van der Waals surface area contributed by atoms with Gasteiger partial charge in [-0.05, 0) is 77.5 Å². The van der Waals surface area contributed by atoms with Crippen molar-refractivity contribution in [1.82, 2.24) is 5.32 Å². The van der Waals surface area contributed by atoms with Gasteiger partial charge >= 0.3 is 12.1 Å². The molecule has 1 amide bonds. The fraction of sp³-hybridized carbons (Fsp3) is 0.652. The Hall–Kier alpha value is -2.24. The van der Waals surface area contributed by atoms with Crippen LogP contribution in [0.15, 0.2) is 18.2 Å². The van der Waals surface area contributed by atoms with Gasteiger partial charge in [-0.3, -0.25) is 0 Å². The summed E-state index contributed by atoms with van der Waals surface area (Å²) in [5, 5.41) is 12.6. The average Bonchev–Trinajstić information content (AvgIpc) is 2.63. The van der Waals surface area contributed by atoms with Crippen molar-refractivity contribution < 1.29 is 19.4 Å². The summed E-state index contributed by atoms with van der Waals surface area (Å²) in [7, 11) is 0. The van der Waals surface area contributed by atoms with Crippen LogP contribution in [0, 0.1) is 0 Å². The third-order valence-corrected chi connectivity index (χ3v) is 5.39. The number of carboxylic acid groups (broad SMARTS) is 1. The minimum Gasteiger partial charge on any atom is -0.478 e. The van der Waals surface area contributed by atoms with Gasteiger partial charge in [0.15, 0.2) is 0 Å². The van der Waals surface area contributed by atoms with Crippen molar-refractivity contribution in [3.05, 3.63) is 29.3 Å². The Labute approximate surface area is 174 Å². The monoisotopic (exact) mass is 404 g/mol. The highest BCUT2D eigenvalue weighted by atomic mass is 16.6. The SMILES string of the molecule is CCCc1c(C(=O)O)cccc1N(CC)C1CCC(NC(=O)OC(C)(C)C)CC1. The van der Waals surface area contributed by atoms with Crippen LogP contribution in [0.2, 0.25) is 0 Å². The third kappa shape index (κ3) is 6.38. The van der Waals surface area contributed by atoms with Crippen LogP contribution >= 0.6 is 0 Å². The van der Waals surface area contributed by atoms with Crippen molar-refractivity contribution in [3.8, 4) is 0 Å². The highest BCUT2D eigenvalue weighted by Crippen LogP contribution is 2.32. The lowest BCUT2D eigenvalue weighted by molar-refractivity contribution is 0.0490. The summed E-state index contributed by atoms with van der Waals surface area (Å²) in [5.74, 6) is -0.864. The molecule has 1 aliphatic carbocycles.